The molecule has 13 heteroatoms. The van der Waals surface area contributed by atoms with Crippen molar-refractivity contribution in [3.05, 3.63) is 369 Å². The van der Waals surface area contributed by atoms with E-state index in [0.29, 0.717) is 11.8 Å². The Kier molecular flexibility index (Phi) is 42.1. The number of nitrogens with zero attached hydrogens (tertiary/aromatic N) is 7. The number of rotatable bonds is 4. The monoisotopic (exact) mass is 1440 g/mol. The predicted molar refractivity (Wildman–Crippen MR) is 445 cm³/mol. The van der Waals surface area contributed by atoms with Gasteiger partial charge >= 0.3 is 0 Å². The summed E-state index contributed by atoms with van der Waals surface area (Å²) in [6.07, 6.45) is 26.2. The minimum Gasteiger partial charge on any atom is -0.481 e. The van der Waals surface area contributed by atoms with Gasteiger partial charge in [0.1, 0.15) is 17.7 Å². The molecule has 1 aliphatic rings. The second-order valence-corrected chi connectivity index (χ2v) is 26.8. The number of hydrogen-bond donors (Lipinski definition) is 0. The number of carbonyl (C=O) groups is 1. The number of carbonyl (C=O) groups excluding carboxylic acids is 1. The van der Waals surface area contributed by atoms with Crippen LogP contribution in [0.25, 0.3) is 21.7 Å². The molecule has 8 aromatic heterocycles. The van der Waals surface area contributed by atoms with Gasteiger partial charge in [0.2, 0.25) is 11.8 Å². The van der Waals surface area contributed by atoms with Crippen molar-refractivity contribution in [3.63, 3.8) is 0 Å². The first-order chi connectivity index (χ1) is 51.0. The lowest BCUT2D eigenvalue weighted by atomic mass is 9.84. The Labute approximate surface area is 636 Å². The fraction of sp³-hybridized carbons (Fsp3) is 0.258. The van der Waals surface area contributed by atoms with Gasteiger partial charge in [0.25, 0.3) is 5.91 Å². The third-order valence-corrected chi connectivity index (χ3v) is 16.4. The zero-order valence-electron chi connectivity index (χ0n) is 65.8. The van der Waals surface area contributed by atoms with E-state index in [1.807, 2.05) is 171 Å². The van der Waals surface area contributed by atoms with Gasteiger partial charge in [-0.05, 0) is 237 Å². The van der Waals surface area contributed by atoms with Crippen molar-refractivity contribution in [1.82, 2.24) is 34.8 Å². The van der Waals surface area contributed by atoms with Crippen LogP contribution in [-0.2, 0) is 0 Å². The van der Waals surface area contributed by atoms with E-state index in [2.05, 4.69) is 173 Å². The van der Waals surface area contributed by atoms with E-state index in [4.69, 9.17) is 18.3 Å². The molecule has 1 aliphatic carbocycles. The maximum atomic E-state index is 11.4. The molecule has 0 atom stereocenters. The van der Waals surface area contributed by atoms with Crippen molar-refractivity contribution in [2.24, 2.45) is 0 Å². The van der Waals surface area contributed by atoms with E-state index in [0.717, 1.165) is 45.1 Å². The van der Waals surface area contributed by atoms with Crippen molar-refractivity contribution in [2.75, 3.05) is 28.3 Å². The first-order valence-corrected chi connectivity index (χ1v) is 36.6. The Morgan fingerprint density at radius 1 is 0.434 bits per heavy atom. The number of aryl methyl sites for hydroxylation is 14. The van der Waals surface area contributed by atoms with Crippen LogP contribution in [0.15, 0.2) is 288 Å². The molecule has 0 aliphatic heterocycles. The van der Waals surface area contributed by atoms with Gasteiger partial charge in [-0.1, -0.05) is 186 Å². The van der Waals surface area contributed by atoms with E-state index in [1.165, 1.54) is 105 Å². The molecule has 14 aromatic rings. The zero-order valence-corrected chi connectivity index (χ0v) is 66.6. The van der Waals surface area contributed by atoms with Gasteiger partial charge in [-0.15, -0.1) is 0 Å². The molecule has 0 unspecified atom stereocenters. The zero-order chi connectivity index (χ0) is 77.3. The number of ether oxygens (including phenoxy) is 2. The Hall–Kier alpha value is -11.2. The highest BCUT2D eigenvalue weighted by atomic mass is 32.1. The Balaban J connectivity index is 0.000000246. The van der Waals surface area contributed by atoms with E-state index in [9.17, 15) is 4.79 Å². The molecule has 1 amide bonds. The second-order valence-electron chi connectivity index (χ2n) is 26.0. The number of aromatic nitrogens is 6. The molecule has 1 saturated carbocycles. The second kappa shape index (κ2) is 51.1. The minimum absolute atomic E-state index is 0.0544. The van der Waals surface area contributed by atoms with Crippen LogP contribution in [0.3, 0.4) is 0 Å². The number of furan rings is 2. The number of benzene rings is 6. The summed E-state index contributed by atoms with van der Waals surface area (Å²) in [5, 5.41) is 8.03. The number of pyridine rings is 4. The fourth-order valence-electron chi connectivity index (χ4n) is 10.1. The van der Waals surface area contributed by atoms with Crippen molar-refractivity contribution in [2.45, 2.75) is 135 Å². The highest BCUT2D eigenvalue weighted by molar-refractivity contribution is 7.07. The molecule has 0 saturated heterocycles. The predicted octanol–water partition coefficient (Wildman–Crippen LogP) is 24.2. The Morgan fingerprint density at radius 2 is 1.02 bits per heavy atom. The van der Waals surface area contributed by atoms with Crippen LogP contribution in [0.4, 0.5) is 0 Å². The largest absolute Gasteiger partial charge is 0.481 e. The van der Waals surface area contributed by atoms with E-state index < -0.39 is 0 Å². The molecule has 0 N–H and O–H groups in total. The summed E-state index contributed by atoms with van der Waals surface area (Å²) in [5.74, 6) is 3.26. The number of amides is 1. The fourth-order valence-corrected chi connectivity index (χ4v) is 10.8. The molecular formula is C93H111N7O5S. The van der Waals surface area contributed by atoms with Gasteiger partial charge in [-0.25, -0.2) is 19.9 Å². The van der Waals surface area contributed by atoms with Crippen molar-refractivity contribution in [3.8, 4) is 11.8 Å². The molecule has 554 valence electrons. The maximum Gasteiger partial charge on any atom is 0.253 e. The molecule has 12 nitrogen and oxygen atoms in total. The van der Waals surface area contributed by atoms with Gasteiger partial charge in [-0.3, -0.25) is 14.8 Å². The smallest absolute Gasteiger partial charge is 0.253 e. The first kappa shape index (κ1) is 87.3. The van der Waals surface area contributed by atoms with Crippen LogP contribution in [0.1, 0.15) is 132 Å². The minimum atomic E-state index is 0.0544. The molecule has 0 bridgehead atoms. The van der Waals surface area contributed by atoms with Crippen LogP contribution >= 0.6 is 11.3 Å². The van der Waals surface area contributed by atoms with E-state index >= 15 is 0 Å². The lowest BCUT2D eigenvalue weighted by Gasteiger charge is -2.21. The molecule has 0 spiro atoms. The summed E-state index contributed by atoms with van der Waals surface area (Å²) < 4.78 is 19.9. The van der Waals surface area contributed by atoms with E-state index in [1.54, 1.807) is 106 Å². The molecule has 15 rings (SSSR count). The summed E-state index contributed by atoms with van der Waals surface area (Å²) in [4.78, 5) is 36.2. The lowest BCUT2D eigenvalue weighted by Crippen LogP contribution is -2.21. The Morgan fingerprint density at radius 3 is 1.47 bits per heavy atom. The molecule has 6 aromatic carbocycles. The summed E-state index contributed by atoms with van der Waals surface area (Å²) in [6, 6.07) is 67.8. The molecule has 8 heterocycles. The van der Waals surface area contributed by atoms with Crippen molar-refractivity contribution < 1.29 is 23.1 Å². The molecular weight excluding hydrogens is 1330 g/mol. The third-order valence-electron chi connectivity index (χ3n) is 15.6. The van der Waals surface area contributed by atoms with Gasteiger partial charge < -0.3 is 23.2 Å². The van der Waals surface area contributed by atoms with E-state index in [-0.39, 0.29) is 5.91 Å². The van der Waals surface area contributed by atoms with Crippen LogP contribution in [0, 0.1) is 96.9 Å². The SMILES string of the molecule is COc1ccc(C)cn1.COc1ncccc1C.Cc1cc(C)cc(C)c1.Cc1cc2ccccc2o1.Cc1ccc(C2CCCCC2)cc1.Cc1ccc2ccccc2c1.Cc1cccc(C(=O)N(C)C)c1.Cc1cccnc1.Cc1ccncc1.Cc1ccoc1.Cc1ccsc1.Cc1cncnc1. The highest BCUT2D eigenvalue weighted by Crippen LogP contribution is 2.32. The third kappa shape index (κ3) is 38.4. The number of thiophene rings is 1. The average molecular weight is 1440 g/mol. The summed E-state index contributed by atoms with van der Waals surface area (Å²) in [7, 11) is 6.74. The summed E-state index contributed by atoms with van der Waals surface area (Å²) >= 11 is 1.74. The summed E-state index contributed by atoms with van der Waals surface area (Å²) in [6.45, 7) is 28.6. The quantitative estimate of drug-likeness (QED) is 0.166. The molecule has 0 radical (unpaired) electrons. The van der Waals surface area contributed by atoms with Crippen LogP contribution in [0.2, 0.25) is 0 Å². The Bertz CT molecular complexity index is 4360. The van der Waals surface area contributed by atoms with Gasteiger partial charge in [-0.2, -0.15) is 11.3 Å². The first-order valence-electron chi connectivity index (χ1n) is 35.7. The van der Waals surface area contributed by atoms with Gasteiger partial charge in [0.15, 0.2) is 0 Å². The van der Waals surface area contributed by atoms with Gasteiger partial charge in [0.05, 0.1) is 26.7 Å². The summed E-state index contributed by atoms with van der Waals surface area (Å²) in [5.41, 5.74) is 19.5. The highest BCUT2D eigenvalue weighted by Gasteiger charge is 2.15. The average Bonchev–Trinajstić information content (AvgIpc) is 1.67. The number of hydrogen-bond acceptors (Lipinski definition) is 12. The number of fused-ring (bicyclic) bond motifs is 2. The van der Waals surface area contributed by atoms with Crippen molar-refractivity contribution in [1.29, 1.82) is 0 Å². The number of methoxy groups -OCH3 is 2. The standard InChI is InChI=1S/C13H18.C11H10.C10H13NO.C9H8O.C9H12.2C7H9NO.2C6H7N.C5H6N2.C5H6O.C5H6S/c1-11-7-9-13(10-8-11)12-5-3-2-4-6-12;1-9-6-7-10-4-2-3-5-11(10)8-9;1-8-5-4-6-9(7-8)10(12)11(2)3;1-7-6-8-4-2-3-5-9(8)10-7;1-7-4-8(2)6-9(3)5-7;1-6-3-4-7(9-2)8-5-6;1-6-4-3-5-8-7(6)9-2;1-6-2-4-7-5-3-6;1-6-3-2-4-7-5-6;1-5-2-6-4-7-3-5;2*1-5-2-3-6-4-5/h7-10,12H,2-6H2,1H3;2-8H,1H3;4-7H,1-3H3;2-6H,1H3;4-6H,1-3H3;2*3-5H,1-2H3;2*2-5H,1H3;2-4H,1H3;2*2-4H,1H3. The molecule has 1 fully saturated rings. The normalized spacial score (nSPS) is 10.5. The van der Waals surface area contributed by atoms with Crippen LogP contribution < -0.4 is 9.47 Å². The lowest BCUT2D eigenvalue weighted by molar-refractivity contribution is 0.0827. The maximum absolute atomic E-state index is 11.4. The number of para-hydroxylation sites is 1. The van der Waals surface area contributed by atoms with Gasteiger partial charge in [0, 0.05) is 86.2 Å². The van der Waals surface area contributed by atoms with Crippen molar-refractivity contribution >= 4 is 39.0 Å². The van der Waals surface area contributed by atoms with Crippen LogP contribution in [-0.4, -0.2) is 69.0 Å². The topological polar surface area (TPSA) is 142 Å². The van der Waals surface area contributed by atoms with Crippen LogP contribution in [0.5, 0.6) is 11.8 Å². The molecule has 106 heavy (non-hydrogen) atoms.